The Morgan fingerprint density at radius 3 is 3.00 bits per heavy atom. The van der Waals surface area contributed by atoms with Crippen molar-refractivity contribution in [1.82, 2.24) is 10.3 Å². The van der Waals surface area contributed by atoms with Gasteiger partial charge in [0.2, 0.25) is 0 Å². The van der Waals surface area contributed by atoms with Gasteiger partial charge in [-0.2, -0.15) is 0 Å². The molecule has 2 rings (SSSR count). The average Bonchev–Trinajstić information content (AvgIpc) is 3.18. The van der Waals surface area contributed by atoms with Gasteiger partial charge in [-0.25, -0.2) is 0 Å². The lowest BCUT2D eigenvalue weighted by Crippen LogP contribution is -2.16. The summed E-state index contributed by atoms with van der Waals surface area (Å²) in [6, 6.07) is 4.69. The molecule has 1 fully saturated rings. The van der Waals surface area contributed by atoms with Crippen LogP contribution in [0, 0.1) is 12.3 Å². The van der Waals surface area contributed by atoms with Crippen molar-refractivity contribution in [3.63, 3.8) is 0 Å². The maximum atomic E-state index is 5.52. The van der Waals surface area contributed by atoms with Crippen LogP contribution < -0.4 is 10.1 Å². The Hall–Kier alpha value is -1.53. The third kappa shape index (κ3) is 4.46. The number of hydrogen-bond donors (Lipinski definition) is 1. The highest BCUT2D eigenvalue weighted by molar-refractivity contribution is 5.19. The lowest BCUT2D eigenvalue weighted by molar-refractivity contribution is 0.311. The fourth-order valence-electron chi connectivity index (χ4n) is 1.50. The molecule has 1 heterocycles. The molecule has 1 aliphatic rings. The highest BCUT2D eigenvalue weighted by Crippen LogP contribution is 2.19. The molecule has 0 aliphatic heterocycles. The molecule has 0 saturated heterocycles. The Labute approximate surface area is 103 Å². The van der Waals surface area contributed by atoms with E-state index in [0.717, 1.165) is 36.9 Å². The van der Waals surface area contributed by atoms with Crippen molar-refractivity contribution < 1.29 is 4.74 Å². The van der Waals surface area contributed by atoms with Crippen molar-refractivity contribution in [2.45, 2.75) is 38.3 Å². The maximum absolute atomic E-state index is 5.52. The Kier molecular flexibility index (Phi) is 4.40. The normalized spacial score (nSPS) is 14.3. The summed E-state index contributed by atoms with van der Waals surface area (Å²) < 4.78 is 5.52. The molecule has 17 heavy (non-hydrogen) atoms. The Morgan fingerprint density at radius 1 is 1.47 bits per heavy atom. The molecule has 0 spiro atoms. The van der Waals surface area contributed by atoms with E-state index in [4.69, 9.17) is 11.2 Å². The number of aromatic nitrogens is 1. The predicted octanol–water partition coefficient (Wildman–Crippen LogP) is 2.13. The second-order valence-electron chi connectivity index (χ2n) is 4.30. The number of nitrogens with zero attached hydrogens (tertiary/aromatic N) is 1. The van der Waals surface area contributed by atoms with Crippen LogP contribution in [0.2, 0.25) is 0 Å². The van der Waals surface area contributed by atoms with Gasteiger partial charge in [0.25, 0.3) is 0 Å². The zero-order valence-electron chi connectivity index (χ0n) is 9.98. The largest absolute Gasteiger partial charge is 0.492 e. The van der Waals surface area contributed by atoms with Crippen LogP contribution in [-0.4, -0.2) is 17.6 Å². The molecule has 90 valence electrons. The first-order chi connectivity index (χ1) is 8.38. The standard InChI is InChI=1S/C14H18N2O/c1-2-3-4-9-17-14-8-7-13(16-11-14)10-15-12-5-6-12/h1,7-8,11-12,15H,3-6,9-10H2. The van der Waals surface area contributed by atoms with Gasteiger partial charge in [0.05, 0.1) is 18.5 Å². The maximum Gasteiger partial charge on any atom is 0.137 e. The minimum atomic E-state index is 0.658. The molecule has 0 amide bonds. The lowest BCUT2D eigenvalue weighted by atomic mass is 10.3. The van der Waals surface area contributed by atoms with E-state index >= 15 is 0 Å². The van der Waals surface area contributed by atoms with Crippen molar-refractivity contribution in [3.8, 4) is 18.1 Å². The third-order valence-corrected chi connectivity index (χ3v) is 2.68. The van der Waals surface area contributed by atoms with Gasteiger partial charge in [0.15, 0.2) is 0 Å². The number of ether oxygens (including phenoxy) is 1. The van der Waals surface area contributed by atoms with Crippen LogP contribution in [0.3, 0.4) is 0 Å². The van der Waals surface area contributed by atoms with Gasteiger partial charge >= 0.3 is 0 Å². The van der Waals surface area contributed by atoms with Crippen LogP contribution in [0.25, 0.3) is 0 Å². The minimum absolute atomic E-state index is 0.658. The smallest absolute Gasteiger partial charge is 0.137 e. The van der Waals surface area contributed by atoms with E-state index in [1.807, 2.05) is 12.1 Å². The average molecular weight is 230 g/mol. The van der Waals surface area contributed by atoms with Crippen molar-refractivity contribution in [3.05, 3.63) is 24.0 Å². The van der Waals surface area contributed by atoms with Gasteiger partial charge in [0, 0.05) is 19.0 Å². The fourth-order valence-corrected chi connectivity index (χ4v) is 1.50. The Morgan fingerprint density at radius 2 is 2.35 bits per heavy atom. The zero-order chi connectivity index (χ0) is 11.9. The summed E-state index contributed by atoms with van der Waals surface area (Å²) in [4.78, 5) is 4.35. The monoisotopic (exact) mass is 230 g/mol. The molecule has 1 N–H and O–H groups in total. The fraction of sp³-hybridized carbons (Fsp3) is 0.500. The van der Waals surface area contributed by atoms with Gasteiger partial charge in [-0.15, -0.1) is 12.3 Å². The topological polar surface area (TPSA) is 34.1 Å². The molecule has 3 heteroatoms. The molecule has 1 aromatic heterocycles. The van der Waals surface area contributed by atoms with Crippen molar-refractivity contribution in [2.75, 3.05) is 6.61 Å². The van der Waals surface area contributed by atoms with E-state index in [1.165, 1.54) is 12.8 Å². The van der Waals surface area contributed by atoms with Crippen LogP contribution in [0.4, 0.5) is 0 Å². The Bertz CT molecular complexity index is 376. The first kappa shape index (κ1) is 11.9. The molecule has 0 aromatic carbocycles. The number of pyridine rings is 1. The second kappa shape index (κ2) is 6.27. The third-order valence-electron chi connectivity index (χ3n) is 2.68. The summed E-state index contributed by atoms with van der Waals surface area (Å²) in [5.74, 6) is 3.41. The van der Waals surface area contributed by atoms with E-state index in [2.05, 4.69) is 16.2 Å². The van der Waals surface area contributed by atoms with E-state index in [-0.39, 0.29) is 0 Å². The summed E-state index contributed by atoms with van der Waals surface area (Å²) in [5.41, 5.74) is 1.06. The summed E-state index contributed by atoms with van der Waals surface area (Å²) in [6.45, 7) is 1.51. The molecule has 1 saturated carbocycles. The first-order valence-corrected chi connectivity index (χ1v) is 6.13. The highest BCUT2D eigenvalue weighted by Gasteiger charge is 2.19. The molecular weight excluding hydrogens is 212 g/mol. The highest BCUT2D eigenvalue weighted by atomic mass is 16.5. The number of rotatable bonds is 7. The van der Waals surface area contributed by atoms with E-state index in [1.54, 1.807) is 6.20 Å². The SMILES string of the molecule is C#CCCCOc1ccc(CNC2CC2)nc1. The predicted molar refractivity (Wildman–Crippen MR) is 67.7 cm³/mol. The molecule has 3 nitrogen and oxygen atoms in total. The Balaban J connectivity index is 1.70. The van der Waals surface area contributed by atoms with Gasteiger partial charge < -0.3 is 10.1 Å². The van der Waals surface area contributed by atoms with Gasteiger partial charge in [0.1, 0.15) is 5.75 Å². The number of nitrogens with one attached hydrogen (secondary N) is 1. The molecule has 0 bridgehead atoms. The molecular formula is C14H18N2O. The molecule has 0 radical (unpaired) electrons. The van der Waals surface area contributed by atoms with Crippen molar-refractivity contribution >= 4 is 0 Å². The van der Waals surface area contributed by atoms with Gasteiger partial charge in [-0.3, -0.25) is 4.98 Å². The molecule has 0 atom stereocenters. The number of unbranched alkanes of at least 4 members (excludes halogenated alkanes) is 1. The zero-order valence-corrected chi connectivity index (χ0v) is 9.98. The van der Waals surface area contributed by atoms with Crippen LogP contribution in [-0.2, 0) is 6.54 Å². The van der Waals surface area contributed by atoms with E-state index in [0.29, 0.717) is 6.61 Å². The van der Waals surface area contributed by atoms with Crippen molar-refractivity contribution in [1.29, 1.82) is 0 Å². The van der Waals surface area contributed by atoms with E-state index < -0.39 is 0 Å². The lowest BCUT2D eigenvalue weighted by Gasteiger charge is -2.06. The second-order valence-corrected chi connectivity index (χ2v) is 4.30. The summed E-state index contributed by atoms with van der Waals surface area (Å²) in [7, 11) is 0. The summed E-state index contributed by atoms with van der Waals surface area (Å²) in [5, 5.41) is 3.43. The number of terminal acetylenes is 1. The molecule has 0 unspecified atom stereocenters. The van der Waals surface area contributed by atoms with Crippen LogP contribution in [0.5, 0.6) is 5.75 Å². The van der Waals surface area contributed by atoms with Crippen LogP contribution in [0.15, 0.2) is 18.3 Å². The van der Waals surface area contributed by atoms with Crippen molar-refractivity contribution in [2.24, 2.45) is 0 Å². The summed E-state index contributed by atoms with van der Waals surface area (Å²) >= 11 is 0. The van der Waals surface area contributed by atoms with E-state index in [9.17, 15) is 0 Å². The van der Waals surface area contributed by atoms with Gasteiger partial charge in [-0.1, -0.05) is 0 Å². The molecule has 1 aliphatic carbocycles. The van der Waals surface area contributed by atoms with Crippen LogP contribution >= 0.6 is 0 Å². The quantitative estimate of drug-likeness (QED) is 0.575. The number of hydrogen-bond acceptors (Lipinski definition) is 3. The summed E-state index contributed by atoms with van der Waals surface area (Å²) in [6.07, 6.45) is 11.2. The van der Waals surface area contributed by atoms with Crippen LogP contribution in [0.1, 0.15) is 31.4 Å². The minimum Gasteiger partial charge on any atom is -0.492 e. The first-order valence-electron chi connectivity index (χ1n) is 6.13. The van der Waals surface area contributed by atoms with Gasteiger partial charge in [-0.05, 0) is 31.4 Å². The molecule has 1 aromatic rings.